The monoisotopic (exact) mass is 277 g/mol. The van der Waals surface area contributed by atoms with Crippen LogP contribution in [0.5, 0.6) is 5.75 Å². The predicted molar refractivity (Wildman–Crippen MR) is 84.5 cm³/mol. The molecule has 1 aliphatic heterocycles. The molecule has 0 spiro atoms. The second kappa shape index (κ2) is 6.95. The van der Waals surface area contributed by atoms with Crippen LogP contribution < -0.4 is 10.2 Å². The first-order chi connectivity index (χ1) is 9.61. The lowest BCUT2D eigenvalue weighted by Crippen LogP contribution is -2.44. The van der Waals surface area contributed by atoms with Gasteiger partial charge in [0.1, 0.15) is 5.75 Å². The van der Waals surface area contributed by atoms with Gasteiger partial charge in [-0.25, -0.2) is 0 Å². The summed E-state index contributed by atoms with van der Waals surface area (Å²) >= 11 is 0. The third-order valence-corrected chi connectivity index (χ3v) is 4.05. The zero-order chi connectivity index (χ0) is 14.5. The molecule has 112 valence electrons. The summed E-state index contributed by atoms with van der Waals surface area (Å²) in [6.45, 7) is 9.43. The molecule has 20 heavy (non-hydrogen) atoms. The van der Waals surface area contributed by atoms with E-state index in [9.17, 15) is 5.11 Å². The standard InChI is InChI=1S/C16H27N3O/c1-4-7-17-13(2)15-6-5-14(12-16(15)20)19-10-8-18(3)9-11-19/h5-6,12-13,17,20H,4,7-11H2,1-3H3. The van der Waals surface area contributed by atoms with Crippen LogP contribution in [0.4, 0.5) is 5.69 Å². The maximum Gasteiger partial charge on any atom is 0.122 e. The van der Waals surface area contributed by atoms with E-state index in [0.717, 1.165) is 50.4 Å². The van der Waals surface area contributed by atoms with Crippen LogP contribution in [0.3, 0.4) is 0 Å². The van der Waals surface area contributed by atoms with Crippen LogP contribution in [0, 0.1) is 0 Å². The van der Waals surface area contributed by atoms with E-state index in [4.69, 9.17) is 0 Å². The minimum Gasteiger partial charge on any atom is -0.508 e. The fourth-order valence-corrected chi connectivity index (χ4v) is 2.63. The number of phenols is 1. The summed E-state index contributed by atoms with van der Waals surface area (Å²) < 4.78 is 0. The van der Waals surface area contributed by atoms with Gasteiger partial charge in [0.05, 0.1) is 0 Å². The molecule has 0 bridgehead atoms. The molecule has 1 aromatic rings. The van der Waals surface area contributed by atoms with Gasteiger partial charge in [-0.3, -0.25) is 0 Å². The van der Waals surface area contributed by atoms with E-state index in [-0.39, 0.29) is 6.04 Å². The van der Waals surface area contributed by atoms with Gasteiger partial charge in [0.2, 0.25) is 0 Å². The molecule has 1 aromatic carbocycles. The Labute approximate surface area is 122 Å². The van der Waals surface area contributed by atoms with Gasteiger partial charge >= 0.3 is 0 Å². The lowest BCUT2D eigenvalue weighted by molar-refractivity contribution is 0.312. The largest absolute Gasteiger partial charge is 0.508 e. The van der Waals surface area contributed by atoms with Crippen LogP contribution in [0.15, 0.2) is 18.2 Å². The number of nitrogens with zero attached hydrogens (tertiary/aromatic N) is 2. The van der Waals surface area contributed by atoms with E-state index in [0.29, 0.717) is 5.75 Å². The summed E-state index contributed by atoms with van der Waals surface area (Å²) in [5, 5.41) is 13.7. The van der Waals surface area contributed by atoms with Crippen molar-refractivity contribution in [2.75, 3.05) is 44.7 Å². The Morgan fingerprint density at radius 3 is 2.55 bits per heavy atom. The minimum absolute atomic E-state index is 0.191. The highest BCUT2D eigenvalue weighted by Crippen LogP contribution is 2.29. The van der Waals surface area contributed by atoms with Crippen molar-refractivity contribution in [2.24, 2.45) is 0 Å². The Balaban J connectivity index is 2.05. The summed E-state index contributed by atoms with van der Waals surface area (Å²) in [4.78, 5) is 4.68. The first-order valence-electron chi connectivity index (χ1n) is 7.61. The van der Waals surface area contributed by atoms with Crippen molar-refractivity contribution in [3.63, 3.8) is 0 Å². The summed E-state index contributed by atoms with van der Waals surface area (Å²) in [6.07, 6.45) is 1.10. The van der Waals surface area contributed by atoms with E-state index in [1.807, 2.05) is 6.07 Å². The van der Waals surface area contributed by atoms with E-state index >= 15 is 0 Å². The summed E-state index contributed by atoms with van der Waals surface area (Å²) in [5.74, 6) is 0.400. The molecular weight excluding hydrogens is 250 g/mol. The van der Waals surface area contributed by atoms with E-state index in [1.165, 1.54) is 0 Å². The predicted octanol–water partition coefficient (Wildman–Crippen LogP) is 2.20. The van der Waals surface area contributed by atoms with Gasteiger partial charge in [0.25, 0.3) is 0 Å². The number of nitrogens with one attached hydrogen (secondary N) is 1. The van der Waals surface area contributed by atoms with Crippen LogP contribution >= 0.6 is 0 Å². The highest BCUT2D eigenvalue weighted by Gasteiger charge is 2.16. The third kappa shape index (κ3) is 3.64. The van der Waals surface area contributed by atoms with Crippen molar-refractivity contribution >= 4 is 5.69 Å². The minimum atomic E-state index is 0.191. The molecule has 4 nitrogen and oxygen atoms in total. The molecule has 2 rings (SSSR count). The number of hydrogen-bond acceptors (Lipinski definition) is 4. The number of hydrogen-bond donors (Lipinski definition) is 2. The van der Waals surface area contributed by atoms with Crippen LogP contribution in [-0.4, -0.2) is 49.8 Å². The highest BCUT2D eigenvalue weighted by molar-refractivity contribution is 5.54. The zero-order valence-electron chi connectivity index (χ0n) is 12.9. The zero-order valence-corrected chi connectivity index (χ0v) is 12.9. The molecule has 2 N–H and O–H groups in total. The highest BCUT2D eigenvalue weighted by atomic mass is 16.3. The van der Waals surface area contributed by atoms with Crippen molar-refractivity contribution in [3.8, 4) is 5.75 Å². The van der Waals surface area contributed by atoms with Gasteiger partial charge < -0.3 is 20.2 Å². The van der Waals surface area contributed by atoms with E-state index in [2.05, 4.69) is 48.1 Å². The average molecular weight is 277 g/mol. The van der Waals surface area contributed by atoms with Crippen molar-refractivity contribution in [1.29, 1.82) is 0 Å². The first-order valence-corrected chi connectivity index (χ1v) is 7.61. The molecule has 1 atom stereocenters. The van der Waals surface area contributed by atoms with Gasteiger partial charge in [0.15, 0.2) is 0 Å². The second-order valence-electron chi connectivity index (χ2n) is 5.71. The fraction of sp³-hybridized carbons (Fsp3) is 0.625. The Hall–Kier alpha value is -1.26. The molecule has 1 unspecified atom stereocenters. The van der Waals surface area contributed by atoms with Gasteiger partial charge in [-0.05, 0) is 33.0 Å². The van der Waals surface area contributed by atoms with E-state index < -0.39 is 0 Å². The maximum atomic E-state index is 10.3. The second-order valence-corrected chi connectivity index (χ2v) is 5.71. The lowest BCUT2D eigenvalue weighted by atomic mass is 10.1. The Morgan fingerprint density at radius 2 is 1.95 bits per heavy atom. The lowest BCUT2D eigenvalue weighted by Gasteiger charge is -2.34. The molecule has 1 fully saturated rings. The Morgan fingerprint density at radius 1 is 1.25 bits per heavy atom. The molecule has 0 saturated carbocycles. The summed E-state index contributed by atoms with van der Waals surface area (Å²) in [5.41, 5.74) is 2.11. The molecular formula is C16H27N3O. The molecule has 0 amide bonds. The topological polar surface area (TPSA) is 38.7 Å². The van der Waals surface area contributed by atoms with Crippen LogP contribution in [0.1, 0.15) is 31.9 Å². The van der Waals surface area contributed by atoms with Gasteiger partial charge in [-0.2, -0.15) is 0 Å². The van der Waals surface area contributed by atoms with Crippen molar-refractivity contribution < 1.29 is 5.11 Å². The SMILES string of the molecule is CCCNC(C)c1ccc(N2CCN(C)CC2)cc1O. The van der Waals surface area contributed by atoms with E-state index in [1.54, 1.807) is 0 Å². The number of piperazine rings is 1. The molecule has 1 heterocycles. The number of benzene rings is 1. The maximum absolute atomic E-state index is 10.3. The summed E-state index contributed by atoms with van der Waals surface area (Å²) in [7, 11) is 2.15. The third-order valence-electron chi connectivity index (χ3n) is 4.05. The van der Waals surface area contributed by atoms with Gasteiger partial charge in [-0.1, -0.05) is 13.0 Å². The number of aromatic hydroxyl groups is 1. The number of anilines is 1. The van der Waals surface area contributed by atoms with Crippen molar-refractivity contribution in [1.82, 2.24) is 10.2 Å². The Kier molecular flexibility index (Phi) is 5.26. The molecule has 1 saturated heterocycles. The average Bonchev–Trinajstić information content (AvgIpc) is 2.45. The Bertz CT molecular complexity index is 428. The van der Waals surface area contributed by atoms with Gasteiger partial charge in [0, 0.05) is 49.5 Å². The molecule has 0 aliphatic carbocycles. The van der Waals surface area contributed by atoms with Gasteiger partial charge in [-0.15, -0.1) is 0 Å². The van der Waals surface area contributed by atoms with Crippen molar-refractivity contribution in [2.45, 2.75) is 26.3 Å². The number of phenolic OH excluding ortho intramolecular Hbond substituents is 1. The smallest absolute Gasteiger partial charge is 0.122 e. The fourth-order valence-electron chi connectivity index (χ4n) is 2.63. The van der Waals surface area contributed by atoms with Crippen LogP contribution in [-0.2, 0) is 0 Å². The molecule has 1 aliphatic rings. The molecule has 4 heteroatoms. The quantitative estimate of drug-likeness (QED) is 0.865. The molecule has 0 radical (unpaired) electrons. The summed E-state index contributed by atoms with van der Waals surface area (Å²) in [6, 6.07) is 6.28. The first kappa shape index (κ1) is 15.1. The normalized spacial score (nSPS) is 18.2. The van der Waals surface area contributed by atoms with Crippen molar-refractivity contribution in [3.05, 3.63) is 23.8 Å². The molecule has 0 aromatic heterocycles. The number of rotatable bonds is 5. The van der Waals surface area contributed by atoms with Crippen LogP contribution in [0.25, 0.3) is 0 Å². The number of likely N-dealkylation sites (N-methyl/N-ethyl adjacent to an activating group) is 1. The van der Waals surface area contributed by atoms with Crippen LogP contribution in [0.2, 0.25) is 0 Å².